The van der Waals surface area contributed by atoms with Gasteiger partial charge in [-0.2, -0.15) is 0 Å². The molecule has 3 unspecified atom stereocenters. The van der Waals surface area contributed by atoms with Gasteiger partial charge in [-0.1, -0.05) is 19.1 Å². The van der Waals surface area contributed by atoms with E-state index in [0.29, 0.717) is 5.41 Å². The van der Waals surface area contributed by atoms with Gasteiger partial charge in [-0.15, -0.1) is 0 Å². The lowest BCUT2D eigenvalue weighted by molar-refractivity contribution is 0.136. The molecule has 2 bridgehead atoms. The molecule has 12 heavy (non-hydrogen) atoms. The van der Waals surface area contributed by atoms with Crippen molar-refractivity contribution < 1.29 is 0 Å². The molecule has 0 heterocycles. The van der Waals surface area contributed by atoms with E-state index in [0.717, 1.165) is 11.8 Å². The second-order valence-electron chi connectivity index (χ2n) is 5.33. The molecular formula is C11H19N. The molecule has 0 aromatic heterocycles. The number of allylic oxidation sites excluding steroid dienone is 2. The monoisotopic (exact) mass is 165 g/mol. The molecular weight excluding hydrogens is 146 g/mol. The van der Waals surface area contributed by atoms with Crippen LogP contribution in [0.5, 0.6) is 0 Å². The molecule has 2 rings (SSSR count). The summed E-state index contributed by atoms with van der Waals surface area (Å²) >= 11 is 0. The zero-order valence-corrected chi connectivity index (χ0v) is 8.30. The van der Waals surface area contributed by atoms with Crippen LogP contribution in [0, 0.1) is 17.3 Å². The molecule has 1 nitrogen and oxygen atoms in total. The highest BCUT2D eigenvalue weighted by Gasteiger charge is 2.51. The minimum Gasteiger partial charge on any atom is -0.325 e. The van der Waals surface area contributed by atoms with Crippen molar-refractivity contribution in [3.8, 4) is 0 Å². The summed E-state index contributed by atoms with van der Waals surface area (Å²) in [5.41, 5.74) is 6.54. The van der Waals surface area contributed by atoms with Crippen molar-refractivity contribution in [1.82, 2.24) is 0 Å². The van der Waals surface area contributed by atoms with Crippen LogP contribution in [-0.2, 0) is 0 Å². The van der Waals surface area contributed by atoms with E-state index >= 15 is 0 Å². The summed E-state index contributed by atoms with van der Waals surface area (Å²) in [6.07, 6.45) is 7.38. The third kappa shape index (κ3) is 0.891. The summed E-state index contributed by atoms with van der Waals surface area (Å²) in [5, 5.41) is 0. The average Bonchev–Trinajstić information content (AvgIpc) is 2.43. The van der Waals surface area contributed by atoms with Crippen molar-refractivity contribution in [2.75, 3.05) is 0 Å². The number of hydrogen-bond donors (Lipinski definition) is 1. The summed E-state index contributed by atoms with van der Waals surface area (Å²) < 4.78 is 0. The van der Waals surface area contributed by atoms with Gasteiger partial charge < -0.3 is 5.73 Å². The molecule has 0 aromatic carbocycles. The van der Waals surface area contributed by atoms with Crippen molar-refractivity contribution in [1.29, 1.82) is 0 Å². The van der Waals surface area contributed by atoms with Gasteiger partial charge in [0.1, 0.15) is 0 Å². The third-order valence-corrected chi connectivity index (χ3v) is 4.15. The smallest absolute Gasteiger partial charge is 0.0157 e. The molecule has 3 atom stereocenters. The highest BCUT2D eigenvalue weighted by Crippen LogP contribution is 2.56. The van der Waals surface area contributed by atoms with E-state index in [-0.39, 0.29) is 5.54 Å². The fraction of sp³-hybridized carbons (Fsp3) is 0.818. The van der Waals surface area contributed by atoms with E-state index in [1.807, 2.05) is 0 Å². The zero-order chi connectivity index (χ0) is 8.98. The summed E-state index contributed by atoms with van der Waals surface area (Å²) in [6, 6.07) is 0. The van der Waals surface area contributed by atoms with Crippen molar-refractivity contribution in [3.05, 3.63) is 12.2 Å². The van der Waals surface area contributed by atoms with Crippen LogP contribution in [0.25, 0.3) is 0 Å². The largest absolute Gasteiger partial charge is 0.325 e. The summed E-state index contributed by atoms with van der Waals surface area (Å²) in [7, 11) is 0. The lowest BCUT2D eigenvalue weighted by Gasteiger charge is -2.43. The highest BCUT2D eigenvalue weighted by atomic mass is 14.8. The first kappa shape index (κ1) is 8.31. The highest BCUT2D eigenvalue weighted by molar-refractivity contribution is 5.18. The Morgan fingerprint density at radius 2 is 2.08 bits per heavy atom. The first-order valence-electron chi connectivity index (χ1n) is 4.91. The van der Waals surface area contributed by atoms with Crippen LogP contribution in [0.2, 0.25) is 0 Å². The molecule has 0 aromatic rings. The molecule has 0 radical (unpaired) electrons. The van der Waals surface area contributed by atoms with Gasteiger partial charge in [0.05, 0.1) is 0 Å². The summed E-state index contributed by atoms with van der Waals surface area (Å²) in [6.45, 7) is 6.68. The van der Waals surface area contributed by atoms with Crippen molar-refractivity contribution >= 4 is 0 Å². The van der Waals surface area contributed by atoms with Gasteiger partial charge in [0.2, 0.25) is 0 Å². The minimum absolute atomic E-state index is 0.0306. The fourth-order valence-corrected chi connectivity index (χ4v) is 2.84. The number of fused-ring (bicyclic) bond motifs is 2. The third-order valence-electron chi connectivity index (χ3n) is 4.15. The van der Waals surface area contributed by atoms with E-state index in [1.165, 1.54) is 12.8 Å². The Hall–Kier alpha value is -0.300. The number of hydrogen-bond acceptors (Lipinski definition) is 1. The van der Waals surface area contributed by atoms with Crippen LogP contribution in [0.4, 0.5) is 0 Å². The Labute approximate surface area is 75.0 Å². The maximum absolute atomic E-state index is 6.23. The normalized spacial score (nSPS) is 45.7. The van der Waals surface area contributed by atoms with E-state index in [4.69, 9.17) is 5.73 Å². The molecule has 2 N–H and O–H groups in total. The van der Waals surface area contributed by atoms with Gasteiger partial charge >= 0.3 is 0 Å². The maximum Gasteiger partial charge on any atom is 0.0157 e. The second-order valence-corrected chi connectivity index (χ2v) is 5.33. The van der Waals surface area contributed by atoms with Crippen LogP contribution in [0.1, 0.15) is 33.6 Å². The maximum atomic E-state index is 6.23. The van der Waals surface area contributed by atoms with Crippen LogP contribution in [0.15, 0.2) is 12.2 Å². The van der Waals surface area contributed by atoms with Crippen molar-refractivity contribution in [3.63, 3.8) is 0 Å². The Bertz CT molecular complexity index is 224. The second kappa shape index (κ2) is 2.14. The van der Waals surface area contributed by atoms with Crippen LogP contribution >= 0.6 is 0 Å². The SMILES string of the molecule is CC(C)(N)C1(C)CC2C=CC1C2. The van der Waals surface area contributed by atoms with Crippen LogP contribution in [-0.4, -0.2) is 5.54 Å². The van der Waals surface area contributed by atoms with Gasteiger partial charge in [0.25, 0.3) is 0 Å². The molecule has 2 aliphatic carbocycles. The van der Waals surface area contributed by atoms with Crippen LogP contribution in [0.3, 0.4) is 0 Å². The lowest BCUT2D eigenvalue weighted by Crippen LogP contribution is -2.51. The Morgan fingerprint density at radius 3 is 2.33 bits per heavy atom. The van der Waals surface area contributed by atoms with E-state index in [2.05, 4.69) is 32.9 Å². The van der Waals surface area contributed by atoms with Crippen molar-refractivity contribution in [2.24, 2.45) is 23.0 Å². The van der Waals surface area contributed by atoms with Gasteiger partial charge in [0.15, 0.2) is 0 Å². The predicted octanol–water partition coefficient (Wildman–Crippen LogP) is 2.33. The van der Waals surface area contributed by atoms with E-state index in [1.54, 1.807) is 0 Å². The molecule has 0 aliphatic heterocycles. The van der Waals surface area contributed by atoms with E-state index < -0.39 is 0 Å². The first-order valence-corrected chi connectivity index (χ1v) is 4.91. The Kier molecular flexibility index (Phi) is 1.48. The van der Waals surface area contributed by atoms with Crippen LogP contribution < -0.4 is 5.73 Å². The molecule has 2 aliphatic rings. The molecule has 0 amide bonds. The molecule has 68 valence electrons. The van der Waals surface area contributed by atoms with Gasteiger partial charge in [-0.25, -0.2) is 0 Å². The Morgan fingerprint density at radius 1 is 1.42 bits per heavy atom. The minimum atomic E-state index is -0.0306. The van der Waals surface area contributed by atoms with Gasteiger partial charge in [0, 0.05) is 5.54 Å². The average molecular weight is 165 g/mol. The fourth-order valence-electron chi connectivity index (χ4n) is 2.84. The van der Waals surface area contributed by atoms with Gasteiger partial charge in [-0.3, -0.25) is 0 Å². The molecule has 0 spiro atoms. The quantitative estimate of drug-likeness (QED) is 0.593. The summed E-state index contributed by atoms with van der Waals surface area (Å²) in [4.78, 5) is 0. The number of nitrogens with two attached hydrogens (primary N) is 1. The molecule has 1 fully saturated rings. The Balaban J connectivity index is 2.30. The lowest BCUT2D eigenvalue weighted by atomic mass is 9.65. The number of rotatable bonds is 1. The van der Waals surface area contributed by atoms with E-state index in [9.17, 15) is 0 Å². The molecule has 0 saturated heterocycles. The predicted molar refractivity (Wildman–Crippen MR) is 51.7 cm³/mol. The first-order chi connectivity index (χ1) is 5.43. The van der Waals surface area contributed by atoms with Gasteiger partial charge in [-0.05, 0) is 43.9 Å². The summed E-state index contributed by atoms with van der Waals surface area (Å²) in [5.74, 6) is 1.56. The molecule has 1 saturated carbocycles. The molecule has 1 heteroatoms. The zero-order valence-electron chi connectivity index (χ0n) is 8.30. The standard InChI is InChI=1S/C11H19N/c1-10(2,12)11(3)7-8-4-5-9(11)6-8/h4-5,8-9H,6-7,12H2,1-3H3. The van der Waals surface area contributed by atoms with Crippen molar-refractivity contribution in [2.45, 2.75) is 39.2 Å². The topological polar surface area (TPSA) is 26.0 Å².